The highest BCUT2D eigenvalue weighted by molar-refractivity contribution is 7.49. The minimum absolute atomic E-state index is 0.0517. The number of aliphatic hydroxyl groups excluding tert-OH is 4. The van der Waals surface area contributed by atoms with Gasteiger partial charge in [-0.3, -0.25) is 9.05 Å². The van der Waals surface area contributed by atoms with E-state index in [1.54, 1.807) is 0 Å². The van der Waals surface area contributed by atoms with Crippen LogP contribution in [0.3, 0.4) is 0 Å². The Morgan fingerprint density at radius 1 is 0.822 bits per heavy atom. The summed E-state index contributed by atoms with van der Waals surface area (Å²) < 4.78 is 39.3. The fourth-order valence-corrected chi connectivity index (χ4v) is 6.37. The van der Waals surface area contributed by atoms with E-state index in [0.29, 0.717) is 0 Å². The number of carbonyl (C=O) groups is 1. The molecule has 12 nitrogen and oxygen atoms in total. The third kappa shape index (κ3) is 21.0. The first-order valence-electron chi connectivity index (χ1n) is 17.5. The molecule has 0 spiro atoms. The average molecular weight is 670 g/mol. The van der Waals surface area contributed by atoms with E-state index >= 15 is 0 Å². The normalized spacial score (nSPS) is 20.1. The molecule has 268 valence electrons. The van der Waals surface area contributed by atoms with Crippen LogP contribution in [0.2, 0.25) is 0 Å². The van der Waals surface area contributed by atoms with E-state index in [1.807, 2.05) is 0 Å². The van der Waals surface area contributed by atoms with Crippen LogP contribution in [0.15, 0.2) is 0 Å². The van der Waals surface area contributed by atoms with Crippen LogP contribution < -0.4 is 5.73 Å². The Hall–Kier alpha value is -0.660. The Kier molecular flexibility index (Phi) is 25.7. The van der Waals surface area contributed by atoms with E-state index in [2.05, 4.69) is 6.92 Å². The van der Waals surface area contributed by atoms with Crippen molar-refractivity contribution in [2.45, 2.75) is 166 Å². The van der Waals surface area contributed by atoms with Crippen molar-refractivity contribution in [1.82, 2.24) is 0 Å². The average Bonchev–Trinajstić information content (AvgIpc) is 3.50. The molecule has 45 heavy (non-hydrogen) atoms. The molecule has 6 atom stereocenters. The highest BCUT2D eigenvalue weighted by Crippen LogP contribution is 2.50. The largest absolute Gasteiger partial charge is 0.532 e. The number of nitrogens with two attached hydrogens (primary N) is 1. The molecular formula is C32H64NO11P. The van der Waals surface area contributed by atoms with Crippen LogP contribution in [0.25, 0.3) is 0 Å². The predicted molar refractivity (Wildman–Crippen MR) is 172 cm³/mol. The Balaban J connectivity index is 2.08. The summed E-state index contributed by atoms with van der Waals surface area (Å²) in [5, 5.41) is 37.8. The second-order valence-corrected chi connectivity index (χ2v) is 13.7. The van der Waals surface area contributed by atoms with E-state index in [1.165, 1.54) is 109 Å². The fraction of sp³-hybridized carbons (Fsp3) is 0.969. The zero-order valence-corrected chi connectivity index (χ0v) is 28.6. The number of carbonyl (C=O) groups excluding carboxylic acids is 1. The third-order valence-corrected chi connectivity index (χ3v) is 9.36. The van der Waals surface area contributed by atoms with Gasteiger partial charge in [0, 0.05) is 6.54 Å². The van der Waals surface area contributed by atoms with Crippen LogP contribution in [0, 0.1) is 0 Å². The minimum atomic E-state index is -4.53. The van der Waals surface area contributed by atoms with Gasteiger partial charge in [0.05, 0.1) is 26.4 Å². The summed E-state index contributed by atoms with van der Waals surface area (Å²) >= 11 is 0. The van der Waals surface area contributed by atoms with Crippen LogP contribution in [0.1, 0.15) is 135 Å². The Bertz CT molecular complexity index is 763. The molecule has 1 rings (SSSR count). The Labute approximate surface area is 271 Å². The van der Waals surface area contributed by atoms with E-state index in [-0.39, 0.29) is 26.4 Å². The minimum Gasteiger partial charge on any atom is -0.394 e. The number of ether oxygens (including phenoxy) is 2. The van der Waals surface area contributed by atoms with Crippen LogP contribution in [0.4, 0.5) is 0 Å². The molecule has 1 saturated heterocycles. The van der Waals surface area contributed by atoms with Gasteiger partial charge in [0.15, 0.2) is 12.4 Å². The van der Waals surface area contributed by atoms with Gasteiger partial charge in [0.25, 0.3) is 0 Å². The van der Waals surface area contributed by atoms with Gasteiger partial charge in [-0.25, -0.2) is 9.36 Å². The maximum Gasteiger partial charge on any atom is 0.532 e. The highest BCUT2D eigenvalue weighted by Gasteiger charge is 2.39. The number of aliphatic hydroxyl groups is 4. The van der Waals surface area contributed by atoms with Crippen LogP contribution in [-0.4, -0.2) is 90.1 Å². The van der Waals surface area contributed by atoms with E-state index in [9.17, 15) is 24.7 Å². The van der Waals surface area contributed by atoms with Gasteiger partial charge < -0.3 is 40.2 Å². The number of phosphoric acid groups is 1. The third-order valence-electron chi connectivity index (χ3n) is 7.99. The maximum atomic E-state index is 12.9. The molecule has 1 heterocycles. The molecule has 1 aliphatic rings. The molecule has 0 saturated carbocycles. The molecule has 1 aliphatic heterocycles. The van der Waals surface area contributed by atoms with Gasteiger partial charge in [-0.2, -0.15) is 0 Å². The maximum absolute atomic E-state index is 12.9. The van der Waals surface area contributed by atoms with Crippen LogP contribution >= 0.6 is 7.82 Å². The van der Waals surface area contributed by atoms with E-state index in [4.69, 9.17) is 33.9 Å². The first-order chi connectivity index (χ1) is 21.8. The number of unbranched alkanes of at least 4 members (excludes halogenated alkanes) is 18. The summed E-state index contributed by atoms with van der Waals surface area (Å²) in [6, 6.07) is 0. The van der Waals surface area contributed by atoms with Crippen molar-refractivity contribution in [3.05, 3.63) is 0 Å². The van der Waals surface area contributed by atoms with Crippen molar-refractivity contribution in [3.8, 4) is 0 Å². The summed E-state index contributed by atoms with van der Waals surface area (Å²) in [6.07, 6.45) is 18.7. The Morgan fingerprint density at radius 2 is 1.31 bits per heavy atom. The van der Waals surface area contributed by atoms with Crippen molar-refractivity contribution < 1.29 is 52.8 Å². The highest BCUT2D eigenvalue weighted by atomic mass is 31.2. The van der Waals surface area contributed by atoms with Crippen molar-refractivity contribution in [2.75, 3.05) is 33.0 Å². The van der Waals surface area contributed by atoms with Crippen LogP contribution in [0.5, 0.6) is 0 Å². The SMILES string of the molecule is CCCCCCCCCCCCCCCCCCCCC[C@@H]1OCC(COP(=O)(OCCN)OC(=O)[C@H](O)[C@H](O)[C@H](O)CO)O1. The summed E-state index contributed by atoms with van der Waals surface area (Å²) in [4.78, 5) is 12.1. The van der Waals surface area contributed by atoms with E-state index < -0.39 is 51.1 Å². The topological polar surface area (TPSA) is 187 Å². The van der Waals surface area contributed by atoms with E-state index in [0.717, 1.165) is 19.3 Å². The molecule has 0 radical (unpaired) electrons. The Morgan fingerprint density at radius 3 is 1.78 bits per heavy atom. The second-order valence-electron chi connectivity index (χ2n) is 12.1. The molecular weight excluding hydrogens is 605 g/mol. The molecule has 2 unspecified atom stereocenters. The monoisotopic (exact) mass is 669 g/mol. The number of phosphoric ester groups is 1. The molecule has 1 fully saturated rings. The van der Waals surface area contributed by atoms with Crippen molar-refractivity contribution >= 4 is 13.8 Å². The van der Waals surface area contributed by atoms with Gasteiger partial charge in [0.1, 0.15) is 18.3 Å². The van der Waals surface area contributed by atoms with Crippen LogP contribution in [-0.2, 0) is 32.4 Å². The van der Waals surface area contributed by atoms with Gasteiger partial charge >= 0.3 is 13.8 Å². The molecule has 6 N–H and O–H groups in total. The standard InChI is InChI=1S/C32H64NO11P/c1-2-3-4-5-6-7-8-9-10-11-12-13-14-15-16-17-18-19-20-21-29-40-25-27(43-29)26-42-45(39,41-23-22-33)44-32(38)31(37)30(36)28(35)24-34/h27-31,34-37H,2-26,33H2,1H3/t27?,28-,29-,30-,31-,45?/m1/s1. The molecule has 13 heteroatoms. The lowest BCUT2D eigenvalue weighted by atomic mass is 10.0. The van der Waals surface area contributed by atoms with Gasteiger partial charge in [-0.1, -0.05) is 122 Å². The molecule has 0 aliphatic carbocycles. The van der Waals surface area contributed by atoms with Crippen molar-refractivity contribution in [2.24, 2.45) is 5.73 Å². The zero-order chi connectivity index (χ0) is 33.2. The molecule has 0 bridgehead atoms. The van der Waals surface area contributed by atoms with Gasteiger partial charge in [-0.05, 0) is 12.8 Å². The smallest absolute Gasteiger partial charge is 0.394 e. The summed E-state index contributed by atoms with van der Waals surface area (Å²) in [7, 11) is -4.53. The van der Waals surface area contributed by atoms with Crippen molar-refractivity contribution in [1.29, 1.82) is 0 Å². The predicted octanol–water partition coefficient (Wildman–Crippen LogP) is 5.27. The quantitative estimate of drug-likeness (QED) is 0.0476. The second kappa shape index (κ2) is 27.3. The summed E-state index contributed by atoms with van der Waals surface area (Å²) in [6.45, 7) is 0.950. The van der Waals surface area contributed by atoms with Crippen molar-refractivity contribution in [3.63, 3.8) is 0 Å². The zero-order valence-electron chi connectivity index (χ0n) is 27.7. The first-order valence-corrected chi connectivity index (χ1v) is 19.0. The summed E-state index contributed by atoms with van der Waals surface area (Å²) in [5.41, 5.74) is 5.37. The number of rotatable bonds is 31. The lowest BCUT2D eigenvalue weighted by Crippen LogP contribution is -2.44. The first kappa shape index (κ1) is 42.4. The molecule has 0 aromatic carbocycles. The number of hydrogen-bond acceptors (Lipinski definition) is 12. The fourth-order valence-electron chi connectivity index (χ4n) is 5.19. The molecule has 0 aromatic rings. The van der Waals surface area contributed by atoms with Gasteiger partial charge in [-0.15, -0.1) is 0 Å². The van der Waals surface area contributed by atoms with Gasteiger partial charge in [0.2, 0.25) is 0 Å². The lowest BCUT2D eigenvalue weighted by molar-refractivity contribution is -0.158. The number of hydrogen-bond donors (Lipinski definition) is 5. The molecule has 0 aromatic heterocycles. The summed E-state index contributed by atoms with van der Waals surface area (Å²) in [5.74, 6) is -1.55. The lowest BCUT2D eigenvalue weighted by Gasteiger charge is -2.23. The molecule has 0 amide bonds.